The second-order valence-electron chi connectivity index (χ2n) is 7.12. The molecule has 0 aliphatic rings. The van der Waals surface area contributed by atoms with Crippen molar-refractivity contribution in [2.75, 3.05) is 5.75 Å². The molecule has 0 radical (unpaired) electrons. The lowest BCUT2D eigenvalue weighted by molar-refractivity contribution is -0.384. The number of halogens is 1. The zero-order valence-electron chi connectivity index (χ0n) is 17.1. The number of carbonyl (C=O) groups is 1. The van der Waals surface area contributed by atoms with E-state index in [1.54, 1.807) is 4.57 Å². The standard InChI is InChI=1S/C21H16BrN5O5S/c1-25-18-17(19(29)24-20(25)30)26(10-12-3-2-4-14(22)9-12)21(23-18)33-11-16(28)13-5-7-15(8-6-13)27(31)32/h2-9H,10-11H2,1H3,(H,24,29,30). The first kappa shape index (κ1) is 22.7. The number of aromatic amines is 1. The normalized spacial score (nSPS) is 11.1. The van der Waals surface area contributed by atoms with Gasteiger partial charge in [-0.25, -0.2) is 9.78 Å². The summed E-state index contributed by atoms with van der Waals surface area (Å²) in [6.45, 7) is 0.297. The lowest BCUT2D eigenvalue weighted by Gasteiger charge is -2.09. The highest BCUT2D eigenvalue weighted by Gasteiger charge is 2.19. The minimum absolute atomic E-state index is 0.00846. The molecular formula is C21H16BrN5O5S. The van der Waals surface area contributed by atoms with E-state index in [0.717, 1.165) is 21.8 Å². The number of rotatable bonds is 7. The number of ketones is 1. The first-order valence-corrected chi connectivity index (χ1v) is 11.4. The van der Waals surface area contributed by atoms with Crippen LogP contribution in [0.2, 0.25) is 0 Å². The number of imidazole rings is 1. The fourth-order valence-corrected chi connectivity index (χ4v) is 4.61. The molecule has 12 heteroatoms. The maximum atomic E-state index is 12.7. The molecule has 0 fully saturated rings. The average molecular weight is 530 g/mol. The highest BCUT2D eigenvalue weighted by molar-refractivity contribution is 9.10. The molecule has 4 aromatic rings. The number of carbonyl (C=O) groups excluding carboxylic acids is 1. The lowest BCUT2D eigenvalue weighted by Crippen LogP contribution is -2.29. The molecule has 0 unspecified atom stereocenters. The van der Waals surface area contributed by atoms with Gasteiger partial charge in [-0.2, -0.15) is 0 Å². The van der Waals surface area contributed by atoms with Crippen molar-refractivity contribution in [2.45, 2.75) is 11.7 Å². The Morgan fingerprint density at radius 2 is 1.94 bits per heavy atom. The Labute approximate surface area is 198 Å². The number of H-pyrrole nitrogens is 1. The van der Waals surface area contributed by atoms with E-state index in [9.17, 15) is 24.5 Å². The van der Waals surface area contributed by atoms with Gasteiger partial charge in [0.2, 0.25) is 0 Å². The van der Waals surface area contributed by atoms with Gasteiger partial charge in [0.15, 0.2) is 22.1 Å². The number of non-ortho nitro benzene ring substituents is 1. The average Bonchev–Trinajstić information content (AvgIpc) is 3.14. The number of hydrogen-bond donors (Lipinski definition) is 1. The van der Waals surface area contributed by atoms with Gasteiger partial charge in [-0.3, -0.25) is 29.3 Å². The zero-order valence-corrected chi connectivity index (χ0v) is 19.6. The quantitative estimate of drug-likeness (QED) is 0.168. The van der Waals surface area contributed by atoms with Gasteiger partial charge in [0.05, 0.1) is 17.2 Å². The van der Waals surface area contributed by atoms with E-state index in [1.165, 1.54) is 35.9 Å². The Hall–Kier alpha value is -3.51. The number of nitro benzene ring substituents is 1. The highest BCUT2D eigenvalue weighted by Crippen LogP contribution is 2.25. The van der Waals surface area contributed by atoms with Gasteiger partial charge in [-0.15, -0.1) is 0 Å². The largest absolute Gasteiger partial charge is 0.329 e. The molecule has 0 aliphatic carbocycles. The van der Waals surface area contributed by atoms with Gasteiger partial charge in [-0.05, 0) is 29.8 Å². The highest BCUT2D eigenvalue weighted by atomic mass is 79.9. The van der Waals surface area contributed by atoms with E-state index in [1.807, 2.05) is 24.3 Å². The predicted octanol–water partition coefficient (Wildman–Crippen LogP) is 3.12. The smallest absolute Gasteiger partial charge is 0.309 e. The first-order chi connectivity index (χ1) is 15.7. The second kappa shape index (κ2) is 9.16. The summed E-state index contributed by atoms with van der Waals surface area (Å²) in [5, 5.41) is 11.2. The molecule has 0 amide bonds. The van der Waals surface area contributed by atoms with Crippen molar-refractivity contribution in [3.63, 3.8) is 0 Å². The van der Waals surface area contributed by atoms with Crippen LogP contribution in [0.15, 0.2) is 67.7 Å². The zero-order chi connectivity index (χ0) is 23.7. The van der Waals surface area contributed by atoms with E-state index in [4.69, 9.17) is 0 Å². The number of thioether (sulfide) groups is 1. The SMILES string of the molecule is Cn1c(=O)[nH]c(=O)c2c1nc(SCC(=O)c1ccc([N+](=O)[O-])cc1)n2Cc1cccc(Br)c1. The molecule has 0 saturated carbocycles. The fourth-order valence-electron chi connectivity index (χ4n) is 3.27. The molecule has 10 nitrogen and oxygen atoms in total. The summed E-state index contributed by atoms with van der Waals surface area (Å²) in [4.78, 5) is 54.4. The van der Waals surface area contributed by atoms with Crippen molar-refractivity contribution in [1.29, 1.82) is 0 Å². The molecule has 33 heavy (non-hydrogen) atoms. The van der Waals surface area contributed by atoms with Gasteiger partial charge in [0, 0.05) is 29.2 Å². The van der Waals surface area contributed by atoms with Crippen LogP contribution in [0, 0.1) is 10.1 Å². The number of hydrogen-bond acceptors (Lipinski definition) is 7. The number of Topliss-reactive ketones (excluding diaryl/α,β-unsaturated/α-hetero) is 1. The third-order valence-electron chi connectivity index (χ3n) is 4.93. The molecule has 0 aliphatic heterocycles. The van der Waals surface area contributed by atoms with Crippen LogP contribution in [0.5, 0.6) is 0 Å². The number of aryl methyl sites for hydroxylation is 1. The number of benzene rings is 2. The first-order valence-electron chi connectivity index (χ1n) is 9.59. The van der Waals surface area contributed by atoms with Crippen molar-refractivity contribution < 1.29 is 9.72 Å². The van der Waals surface area contributed by atoms with Crippen LogP contribution in [0.3, 0.4) is 0 Å². The molecule has 2 heterocycles. The molecule has 4 rings (SSSR count). The van der Waals surface area contributed by atoms with Crippen LogP contribution in [-0.2, 0) is 13.6 Å². The molecular weight excluding hydrogens is 514 g/mol. The Bertz CT molecular complexity index is 1510. The summed E-state index contributed by atoms with van der Waals surface area (Å²) in [6, 6.07) is 12.9. The number of fused-ring (bicyclic) bond motifs is 1. The second-order valence-corrected chi connectivity index (χ2v) is 8.97. The number of nitrogens with zero attached hydrogens (tertiary/aromatic N) is 4. The Balaban J connectivity index is 1.70. The van der Waals surface area contributed by atoms with Gasteiger partial charge in [0.25, 0.3) is 11.2 Å². The van der Waals surface area contributed by atoms with Crippen molar-refractivity contribution >= 4 is 50.3 Å². The Kier molecular flexibility index (Phi) is 6.29. The van der Waals surface area contributed by atoms with Gasteiger partial charge in [-0.1, -0.05) is 39.8 Å². The van der Waals surface area contributed by atoms with Crippen LogP contribution in [0.25, 0.3) is 11.2 Å². The number of nitrogens with one attached hydrogen (secondary N) is 1. The molecule has 168 valence electrons. The third kappa shape index (κ3) is 4.66. The Morgan fingerprint density at radius 3 is 2.61 bits per heavy atom. The number of aromatic nitrogens is 4. The van der Waals surface area contributed by atoms with Crippen molar-refractivity contribution in [3.8, 4) is 0 Å². The predicted molar refractivity (Wildman–Crippen MR) is 127 cm³/mol. The van der Waals surface area contributed by atoms with Crippen LogP contribution in [-0.4, -0.2) is 35.6 Å². The maximum absolute atomic E-state index is 12.7. The topological polar surface area (TPSA) is 133 Å². The summed E-state index contributed by atoms with van der Waals surface area (Å²) < 4.78 is 3.78. The molecule has 0 saturated heterocycles. The minimum atomic E-state index is -0.585. The van der Waals surface area contributed by atoms with Gasteiger partial charge in [0.1, 0.15) is 0 Å². The Morgan fingerprint density at radius 1 is 1.21 bits per heavy atom. The van der Waals surface area contributed by atoms with Crippen LogP contribution >= 0.6 is 27.7 Å². The van der Waals surface area contributed by atoms with Crippen LogP contribution in [0.1, 0.15) is 15.9 Å². The molecule has 0 spiro atoms. The van der Waals surface area contributed by atoms with E-state index in [0.29, 0.717) is 17.3 Å². The maximum Gasteiger partial charge on any atom is 0.329 e. The molecule has 0 bridgehead atoms. The van der Waals surface area contributed by atoms with Crippen LogP contribution < -0.4 is 11.2 Å². The van der Waals surface area contributed by atoms with Gasteiger partial charge >= 0.3 is 5.69 Å². The molecule has 2 aromatic heterocycles. The summed E-state index contributed by atoms with van der Waals surface area (Å²) >= 11 is 4.55. The van der Waals surface area contributed by atoms with Crippen LogP contribution in [0.4, 0.5) is 5.69 Å². The lowest BCUT2D eigenvalue weighted by atomic mass is 10.1. The van der Waals surface area contributed by atoms with E-state index >= 15 is 0 Å². The molecule has 0 atom stereocenters. The van der Waals surface area contributed by atoms with E-state index < -0.39 is 16.2 Å². The van der Waals surface area contributed by atoms with Crippen molar-refractivity contribution in [3.05, 3.63) is 95.1 Å². The summed E-state index contributed by atoms with van der Waals surface area (Å²) in [7, 11) is 1.51. The molecule has 2 aromatic carbocycles. The van der Waals surface area contributed by atoms with Crippen molar-refractivity contribution in [1.82, 2.24) is 19.1 Å². The molecule has 1 N–H and O–H groups in total. The number of nitro groups is 1. The van der Waals surface area contributed by atoms with E-state index in [2.05, 4.69) is 25.9 Å². The van der Waals surface area contributed by atoms with Crippen molar-refractivity contribution in [2.24, 2.45) is 7.05 Å². The fraction of sp³-hybridized carbons (Fsp3) is 0.143. The summed E-state index contributed by atoms with van der Waals surface area (Å²) in [5.41, 5.74) is 0.400. The van der Waals surface area contributed by atoms with E-state index in [-0.39, 0.29) is 28.4 Å². The monoisotopic (exact) mass is 529 g/mol. The minimum Gasteiger partial charge on any atom is -0.309 e. The van der Waals surface area contributed by atoms with Gasteiger partial charge < -0.3 is 4.57 Å². The third-order valence-corrected chi connectivity index (χ3v) is 6.40. The summed E-state index contributed by atoms with van der Waals surface area (Å²) in [5.74, 6) is -0.260. The summed E-state index contributed by atoms with van der Waals surface area (Å²) in [6.07, 6.45) is 0.